The van der Waals surface area contributed by atoms with Gasteiger partial charge in [0, 0.05) is 16.3 Å². The van der Waals surface area contributed by atoms with Gasteiger partial charge in [0.25, 0.3) is 0 Å². The van der Waals surface area contributed by atoms with Crippen LogP contribution in [0.15, 0.2) is 9.72 Å². The fourth-order valence-electron chi connectivity index (χ4n) is 1.90. The molecule has 0 N–H and O–H groups in total. The lowest BCUT2D eigenvalue weighted by molar-refractivity contribution is 0.439. The number of nitriles is 1. The van der Waals surface area contributed by atoms with Crippen molar-refractivity contribution in [2.75, 3.05) is 0 Å². The standard InChI is InChI=1S/C11H14N2S2/c1-8-7-14-11(13-8)15-10-5-3-2-4-9(10)6-12/h7,9-10H,2-5H2,1H3. The summed E-state index contributed by atoms with van der Waals surface area (Å²) in [4.78, 5) is 4.45. The van der Waals surface area contributed by atoms with E-state index in [1.54, 1.807) is 23.1 Å². The summed E-state index contributed by atoms with van der Waals surface area (Å²) in [5.74, 6) is 0.230. The van der Waals surface area contributed by atoms with Crippen molar-refractivity contribution in [1.29, 1.82) is 5.26 Å². The molecular weight excluding hydrogens is 224 g/mol. The van der Waals surface area contributed by atoms with Gasteiger partial charge in [0.15, 0.2) is 0 Å². The maximum atomic E-state index is 9.06. The van der Waals surface area contributed by atoms with Gasteiger partial charge in [0.05, 0.1) is 12.0 Å². The lowest BCUT2D eigenvalue weighted by Gasteiger charge is -2.24. The Bertz CT molecular complexity index is 367. The van der Waals surface area contributed by atoms with Crippen molar-refractivity contribution in [1.82, 2.24) is 4.98 Å². The fourth-order valence-corrected chi connectivity index (χ4v) is 4.26. The monoisotopic (exact) mass is 238 g/mol. The first-order chi connectivity index (χ1) is 7.29. The van der Waals surface area contributed by atoms with Crippen molar-refractivity contribution in [2.24, 2.45) is 5.92 Å². The summed E-state index contributed by atoms with van der Waals surface area (Å²) in [6.07, 6.45) is 4.71. The average molecular weight is 238 g/mol. The van der Waals surface area contributed by atoms with Crippen LogP contribution in [0.5, 0.6) is 0 Å². The zero-order valence-electron chi connectivity index (χ0n) is 8.77. The molecule has 80 valence electrons. The summed E-state index contributed by atoms with van der Waals surface area (Å²) in [5, 5.41) is 11.6. The molecule has 1 heterocycles. The smallest absolute Gasteiger partial charge is 0.150 e. The van der Waals surface area contributed by atoms with Gasteiger partial charge in [-0.05, 0) is 19.8 Å². The number of thioether (sulfide) groups is 1. The van der Waals surface area contributed by atoms with E-state index in [0.717, 1.165) is 16.5 Å². The Hall–Kier alpha value is -0.530. The summed E-state index contributed by atoms with van der Waals surface area (Å²) >= 11 is 3.50. The van der Waals surface area contributed by atoms with E-state index in [4.69, 9.17) is 5.26 Å². The minimum absolute atomic E-state index is 0.230. The van der Waals surface area contributed by atoms with E-state index < -0.39 is 0 Å². The Morgan fingerprint density at radius 1 is 1.53 bits per heavy atom. The number of rotatable bonds is 2. The van der Waals surface area contributed by atoms with Crippen LogP contribution < -0.4 is 0 Å². The maximum absolute atomic E-state index is 9.06. The third-order valence-corrected chi connectivity index (χ3v) is 5.21. The summed E-state index contributed by atoms with van der Waals surface area (Å²) in [7, 11) is 0. The molecule has 0 saturated heterocycles. The Kier molecular flexibility index (Phi) is 3.66. The second kappa shape index (κ2) is 5.00. The van der Waals surface area contributed by atoms with E-state index in [9.17, 15) is 0 Å². The molecule has 4 heteroatoms. The van der Waals surface area contributed by atoms with Crippen LogP contribution in [0.3, 0.4) is 0 Å². The number of nitrogens with zero attached hydrogens (tertiary/aromatic N) is 2. The second-order valence-electron chi connectivity index (χ2n) is 3.93. The van der Waals surface area contributed by atoms with Gasteiger partial charge in [-0.15, -0.1) is 11.3 Å². The zero-order chi connectivity index (χ0) is 10.7. The summed E-state index contributed by atoms with van der Waals surface area (Å²) in [6.45, 7) is 2.02. The fraction of sp³-hybridized carbons (Fsp3) is 0.636. The van der Waals surface area contributed by atoms with Crippen molar-refractivity contribution >= 4 is 23.1 Å². The van der Waals surface area contributed by atoms with Gasteiger partial charge in [-0.2, -0.15) is 5.26 Å². The third kappa shape index (κ3) is 2.73. The normalized spacial score (nSPS) is 26.1. The molecule has 0 aromatic carbocycles. The van der Waals surface area contributed by atoms with Gasteiger partial charge in [0.1, 0.15) is 4.34 Å². The number of thiazole rings is 1. The largest absolute Gasteiger partial charge is 0.235 e. The summed E-state index contributed by atoms with van der Waals surface area (Å²) < 4.78 is 1.12. The lowest BCUT2D eigenvalue weighted by Crippen LogP contribution is -2.20. The van der Waals surface area contributed by atoms with E-state index in [1.165, 1.54) is 19.3 Å². The molecule has 2 atom stereocenters. The lowest BCUT2D eigenvalue weighted by atomic mass is 9.90. The first-order valence-electron chi connectivity index (χ1n) is 5.28. The summed E-state index contributed by atoms with van der Waals surface area (Å²) in [5.41, 5.74) is 1.09. The molecule has 1 aromatic heterocycles. The molecule has 1 fully saturated rings. The molecule has 2 rings (SSSR count). The van der Waals surface area contributed by atoms with Crippen LogP contribution in [0.4, 0.5) is 0 Å². The van der Waals surface area contributed by atoms with Crippen LogP contribution in [0.2, 0.25) is 0 Å². The van der Waals surface area contributed by atoms with Crippen LogP contribution in [-0.4, -0.2) is 10.2 Å². The third-order valence-electron chi connectivity index (χ3n) is 2.72. The predicted molar refractivity (Wildman–Crippen MR) is 64.1 cm³/mol. The van der Waals surface area contributed by atoms with Crippen molar-refractivity contribution < 1.29 is 0 Å². The van der Waals surface area contributed by atoms with Gasteiger partial charge in [-0.3, -0.25) is 0 Å². The first-order valence-corrected chi connectivity index (χ1v) is 7.04. The van der Waals surface area contributed by atoms with Crippen LogP contribution in [-0.2, 0) is 0 Å². The van der Waals surface area contributed by atoms with Crippen molar-refractivity contribution in [3.8, 4) is 6.07 Å². The highest BCUT2D eigenvalue weighted by atomic mass is 32.2. The van der Waals surface area contributed by atoms with Crippen LogP contribution in [0.25, 0.3) is 0 Å². The maximum Gasteiger partial charge on any atom is 0.150 e. The molecule has 0 radical (unpaired) electrons. The van der Waals surface area contributed by atoms with Gasteiger partial charge < -0.3 is 0 Å². The Labute approximate surface area is 98.7 Å². The Morgan fingerprint density at radius 3 is 3.00 bits per heavy atom. The molecule has 1 aromatic rings. The molecule has 0 amide bonds. The van der Waals surface area contributed by atoms with Crippen LogP contribution >= 0.6 is 23.1 Å². The molecular formula is C11H14N2S2. The Morgan fingerprint density at radius 2 is 2.33 bits per heavy atom. The second-order valence-corrected chi connectivity index (χ2v) is 6.28. The van der Waals surface area contributed by atoms with Crippen LogP contribution in [0, 0.1) is 24.2 Å². The summed E-state index contributed by atoms with van der Waals surface area (Å²) in [6, 6.07) is 2.44. The van der Waals surface area contributed by atoms with Crippen LogP contribution in [0.1, 0.15) is 31.4 Å². The molecule has 2 unspecified atom stereocenters. The van der Waals surface area contributed by atoms with E-state index >= 15 is 0 Å². The predicted octanol–water partition coefficient (Wildman–Crippen LogP) is 3.63. The van der Waals surface area contributed by atoms with Crippen molar-refractivity contribution in [3.63, 3.8) is 0 Å². The number of aromatic nitrogens is 1. The van der Waals surface area contributed by atoms with Gasteiger partial charge in [-0.1, -0.05) is 24.6 Å². The van der Waals surface area contributed by atoms with E-state index in [2.05, 4.69) is 16.4 Å². The van der Waals surface area contributed by atoms with Crippen molar-refractivity contribution in [3.05, 3.63) is 11.1 Å². The molecule has 0 spiro atoms. The topological polar surface area (TPSA) is 36.7 Å². The van der Waals surface area contributed by atoms with Gasteiger partial charge in [0.2, 0.25) is 0 Å². The molecule has 1 aliphatic rings. The van der Waals surface area contributed by atoms with E-state index in [1.807, 2.05) is 6.92 Å². The number of hydrogen-bond acceptors (Lipinski definition) is 4. The highest BCUT2D eigenvalue weighted by molar-refractivity contribution is 8.01. The number of aryl methyl sites for hydroxylation is 1. The van der Waals surface area contributed by atoms with Gasteiger partial charge in [-0.25, -0.2) is 4.98 Å². The minimum Gasteiger partial charge on any atom is -0.235 e. The molecule has 15 heavy (non-hydrogen) atoms. The quantitative estimate of drug-likeness (QED) is 0.789. The number of hydrogen-bond donors (Lipinski definition) is 0. The highest BCUT2D eigenvalue weighted by Gasteiger charge is 2.26. The zero-order valence-corrected chi connectivity index (χ0v) is 10.4. The average Bonchev–Trinajstić information content (AvgIpc) is 2.65. The van der Waals surface area contributed by atoms with Crippen molar-refractivity contribution in [2.45, 2.75) is 42.2 Å². The minimum atomic E-state index is 0.230. The molecule has 1 saturated carbocycles. The van der Waals surface area contributed by atoms with E-state index in [-0.39, 0.29) is 5.92 Å². The molecule has 0 bridgehead atoms. The molecule has 2 nitrogen and oxygen atoms in total. The Balaban J connectivity index is 2.01. The molecule has 1 aliphatic carbocycles. The SMILES string of the molecule is Cc1csc(SC2CCCCC2C#N)n1. The van der Waals surface area contributed by atoms with E-state index in [0.29, 0.717) is 5.25 Å². The van der Waals surface area contributed by atoms with Gasteiger partial charge >= 0.3 is 0 Å². The highest BCUT2D eigenvalue weighted by Crippen LogP contribution is 2.38. The first kappa shape index (κ1) is 11.0. The molecule has 0 aliphatic heterocycles.